The Morgan fingerprint density at radius 3 is 2.19 bits per heavy atom. The lowest BCUT2D eigenvalue weighted by atomic mass is 10.1. The predicted octanol–water partition coefficient (Wildman–Crippen LogP) is 2.36. The van der Waals surface area contributed by atoms with Crippen molar-refractivity contribution in [3.05, 3.63) is 61.2 Å². The van der Waals surface area contributed by atoms with Crippen LogP contribution in [0.1, 0.15) is 11.6 Å². The van der Waals surface area contributed by atoms with Gasteiger partial charge in [-0.2, -0.15) is 0 Å². The normalized spacial score (nSPS) is 12.4. The van der Waals surface area contributed by atoms with Crippen molar-refractivity contribution in [1.82, 2.24) is 4.90 Å². The quantitative estimate of drug-likeness (QED) is 0.709. The molecule has 0 amide bonds. The monoisotopic (exact) mass is 216 g/mol. The van der Waals surface area contributed by atoms with Crippen molar-refractivity contribution in [2.75, 3.05) is 19.6 Å². The minimum Gasteiger partial charge on any atom is -0.323 e. The maximum atomic E-state index is 6.15. The summed E-state index contributed by atoms with van der Waals surface area (Å²) in [4.78, 5) is 2.22. The van der Waals surface area contributed by atoms with Crippen LogP contribution in [-0.2, 0) is 0 Å². The van der Waals surface area contributed by atoms with Crippen molar-refractivity contribution in [3.8, 4) is 0 Å². The van der Waals surface area contributed by atoms with E-state index >= 15 is 0 Å². The van der Waals surface area contributed by atoms with Gasteiger partial charge in [0.2, 0.25) is 0 Å². The van der Waals surface area contributed by atoms with Crippen LogP contribution in [0.2, 0.25) is 0 Å². The topological polar surface area (TPSA) is 29.3 Å². The van der Waals surface area contributed by atoms with Gasteiger partial charge in [0.1, 0.15) is 0 Å². The summed E-state index contributed by atoms with van der Waals surface area (Å²) in [6, 6.07) is 10.2. The van der Waals surface area contributed by atoms with E-state index in [1.54, 1.807) is 0 Å². The van der Waals surface area contributed by atoms with Crippen LogP contribution in [0, 0.1) is 0 Å². The average molecular weight is 216 g/mol. The molecular formula is C14H20N2. The summed E-state index contributed by atoms with van der Waals surface area (Å²) in [5.74, 6) is 0. The number of nitrogens with zero attached hydrogens (tertiary/aromatic N) is 1. The maximum Gasteiger partial charge on any atom is 0.0424 e. The van der Waals surface area contributed by atoms with E-state index in [0.29, 0.717) is 0 Å². The molecule has 2 heteroatoms. The molecule has 0 aromatic heterocycles. The van der Waals surface area contributed by atoms with E-state index < -0.39 is 0 Å². The standard InChI is InChI=1S/C14H20N2/c1-3-10-16(11-4-2)12-14(15)13-8-6-5-7-9-13/h3-9,14H,1-2,10-12,15H2. The van der Waals surface area contributed by atoms with Gasteiger partial charge in [0.15, 0.2) is 0 Å². The Kier molecular flexibility index (Phi) is 5.54. The lowest BCUT2D eigenvalue weighted by molar-refractivity contribution is 0.313. The summed E-state index contributed by atoms with van der Waals surface area (Å²) in [5.41, 5.74) is 7.31. The average Bonchev–Trinajstić information content (AvgIpc) is 2.31. The zero-order valence-corrected chi connectivity index (χ0v) is 9.68. The van der Waals surface area contributed by atoms with Gasteiger partial charge in [-0.15, -0.1) is 13.2 Å². The third kappa shape index (κ3) is 4.01. The Labute approximate surface area is 98.1 Å². The van der Waals surface area contributed by atoms with Gasteiger partial charge in [-0.1, -0.05) is 42.5 Å². The van der Waals surface area contributed by atoms with Gasteiger partial charge in [-0.3, -0.25) is 4.90 Å². The molecule has 0 spiro atoms. The Balaban J connectivity index is 2.57. The zero-order valence-electron chi connectivity index (χ0n) is 9.68. The smallest absolute Gasteiger partial charge is 0.0424 e. The molecule has 16 heavy (non-hydrogen) atoms. The summed E-state index contributed by atoms with van der Waals surface area (Å²) >= 11 is 0. The number of hydrogen-bond acceptors (Lipinski definition) is 2. The van der Waals surface area contributed by atoms with Crippen molar-refractivity contribution in [2.24, 2.45) is 5.73 Å². The summed E-state index contributed by atoms with van der Waals surface area (Å²) in [6.07, 6.45) is 3.78. The fourth-order valence-corrected chi connectivity index (χ4v) is 1.67. The highest BCUT2D eigenvalue weighted by Gasteiger charge is 2.09. The first kappa shape index (κ1) is 12.7. The molecule has 1 aromatic rings. The molecular weight excluding hydrogens is 196 g/mol. The minimum atomic E-state index is 0.0427. The van der Waals surface area contributed by atoms with E-state index in [0.717, 1.165) is 19.6 Å². The maximum absolute atomic E-state index is 6.15. The summed E-state index contributed by atoms with van der Waals surface area (Å²) in [5, 5.41) is 0. The zero-order chi connectivity index (χ0) is 11.8. The van der Waals surface area contributed by atoms with E-state index in [1.807, 2.05) is 30.4 Å². The molecule has 1 atom stereocenters. The Morgan fingerprint density at radius 1 is 1.12 bits per heavy atom. The first-order chi connectivity index (χ1) is 7.77. The van der Waals surface area contributed by atoms with Crippen LogP contribution in [0.3, 0.4) is 0 Å². The second-order valence-corrected chi connectivity index (χ2v) is 3.81. The molecule has 2 N–H and O–H groups in total. The van der Waals surface area contributed by atoms with Crippen LogP contribution in [0.25, 0.3) is 0 Å². The molecule has 0 saturated carbocycles. The second kappa shape index (κ2) is 6.99. The fraction of sp³-hybridized carbons (Fsp3) is 0.286. The largest absolute Gasteiger partial charge is 0.323 e. The van der Waals surface area contributed by atoms with E-state index in [9.17, 15) is 0 Å². The lowest BCUT2D eigenvalue weighted by Crippen LogP contribution is -2.32. The van der Waals surface area contributed by atoms with Crippen molar-refractivity contribution < 1.29 is 0 Å². The van der Waals surface area contributed by atoms with Crippen LogP contribution in [0.5, 0.6) is 0 Å². The molecule has 0 fully saturated rings. The van der Waals surface area contributed by atoms with Crippen LogP contribution < -0.4 is 5.73 Å². The Hall–Kier alpha value is -1.38. The predicted molar refractivity (Wildman–Crippen MR) is 70.2 cm³/mol. The molecule has 0 saturated heterocycles. The van der Waals surface area contributed by atoms with Gasteiger partial charge in [0.05, 0.1) is 0 Å². The third-order valence-corrected chi connectivity index (χ3v) is 2.46. The molecule has 0 heterocycles. The molecule has 0 aliphatic heterocycles. The van der Waals surface area contributed by atoms with E-state index in [1.165, 1.54) is 5.56 Å². The highest BCUT2D eigenvalue weighted by molar-refractivity contribution is 5.18. The van der Waals surface area contributed by atoms with E-state index in [-0.39, 0.29) is 6.04 Å². The lowest BCUT2D eigenvalue weighted by Gasteiger charge is -2.23. The van der Waals surface area contributed by atoms with Gasteiger partial charge in [-0.25, -0.2) is 0 Å². The summed E-state index contributed by atoms with van der Waals surface area (Å²) < 4.78 is 0. The SMILES string of the molecule is C=CCN(CC=C)CC(N)c1ccccc1. The number of rotatable bonds is 7. The van der Waals surface area contributed by atoms with Gasteiger partial charge in [0.25, 0.3) is 0 Å². The van der Waals surface area contributed by atoms with Crippen LogP contribution in [0.15, 0.2) is 55.6 Å². The molecule has 1 unspecified atom stereocenters. The van der Waals surface area contributed by atoms with Crippen molar-refractivity contribution in [3.63, 3.8) is 0 Å². The Morgan fingerprint density at radius 2 is 1.69 bits per heavy atom. The molecule has 86 valence electrons. The van der Waals surface area contributed by atoms with Gasteiger partial charge >= 0.3 is 0 Å². The first-order valence-electron chi connectivity index (χ1n) is 5.52. The van der Waals surface area contributed by atoms with Crippen molar-refractivity contribution in [1.29, 1.82) is 0 Å². The van der Waals surface area contributed by atoms with E-state index in [2.05, 4.69) is 30.2 Å². The fourth-order valence-electron chi connectivity index (χ4n) is 1.67. The van der Waals surface area contributed by atoms with Crippen LogP contribution >= 0.6 is 0 Å². The van der Waals surface area contributed by atoms with Gasteiger partial charge in [-0.05, 0) is 5.56 Å². The number of benzene rings is 1. The molecule has 1 rings (SSSR count). The first-order valence-corrected chi connectivity index (χ1v) is 5.52. The van der Waals surface area contributed by atoms with Gasteiger partial charge < -0.3 is 5.73 Å². The second-order valence-electron chi connectivity index (χ2n) is 3.81. The van der Waals surface area contributed by atoms with Crippen molar-refractivity contribution >= 4 is 0 Å². The molecule has 2 nitrogen and oxygen atoms in total. The van der Waals surface area contributed by atoms with Crippen LogP contribution in [0.4, 0.5) is 0 Å². The summed E-state index contributed by atoms with van der Waals surface area (Å²) in [7, 11) is 0. The number of nitrogens with two attached hydrogens (primary N) is 1. The highest BCUT2D eigenvalue weighted by Crippen LogP contribution is 2.10. The summed E-state index contributed by atoms with van der Waals surface area (Å²) in [6.45, 7) is 9.99. The van der Waals surface area contributed by atoms with Crippen molar-refractivity contribution in [2.45, 2.75) is 6.04 Å². The highest BCUT2D eigenvalue weighted by atomic mass is 15.1. The third-order valence-electron chi connectivity index (χ3n) is 2.46. The Bertz CT molecular complexity index is 309. The molecule has 0 aliphatic carbocycles. The van der Waals surface area contributed by atoms with Crippen LogP contribution in [-0.4, -0.2) is 24.5 Å². The minimum absolute atomic E-state index is 0.0427. The van der Waals surface area contributed by atoms with Gasteiger partial charge in [0, 0.05) is 25.7 Å². The molecule has 0 radical (unpaired) electrons. The molecule has 0 aliphatic rings. The van der Waals surface area contributed by atoms with E-state index in [4.69, 9.17) is 5.73 Å². The number of hydrogen-bond donors (Lipinski definition) is 1. The molecule has 0 bridgehead atoms. The molecule has 1 aromatic carbocycles.